The lowest BCUT2D eigenvalue weighted by atomic mass is 10.2. The number of ether oxygens (including phenoxy) is 2. The molecule has 1 amide bonds. The van der Waals surface area contributed by atoms with Crippen LogP contribution in [0.2, 0.25) is 0 Å². The van der Waals surface area contributed by atoms with Crippen molar-refractivity contribution in [1.29, 1.82) is 0 Å². The molecule has 23 heavy (non-hydrogen) atoms. The first-order valence-electron chi connectivity index (χ1n) is 6.50. The van der Waals surface area contributed by atoms with Crippen LogP contribution in [-0.4, -0.2) is 24.5 Å². The molecule has 7 nitrogen and oxygen atoms in total. The summed E-state index contributed by atoms with van der Waals surface area (Å²) in [6.45, 7) is -0.344. The van der Waals surface area contributed by atoms with Crippen LogP contribution in [0.3, 0.4) is 0 Å². The SMILES string of the molecule is COc1cc([N+](=O)[O-])ccc1NC(=O)COc1cccc(F)c1. The predicted octanol–water partition coefficient (Wildman–Crippen LogP) is 2.76. The van der Waals surface area contributed by atoms with Crippen molar-refractivity contribution in [2.24, 2.45) is 0 Å². The number of nitrogens with zero attached hydrogens (tertiary/aromatic N) is 1. The maximum absolute atomic E-state index is 13.0. The fourth-order valence-electron chi connectivity index (χ4n) is 1.79. The zero-order valence-corrected chi connectivity index (χ0v) is 12.1. The Balaban J connectivity index is 2.01. The summed E-state index contributed by atoms with van der Waals surface area (Å²) in [5, 5.41) is 13.2. The molecule has 0 aliphatic carbocycles. The maximum Gasteiger partial charge on any atom is 0.273 e. The average molecular weight is 320 g/mol. The number of nitrogens with one attached hydrogen (secondary N) is 1. The molecule has 0 fully saturated rings. The summed E-state index contributed by atoms with van der Waals surface area (Å²) in [7, 11) is 1.33. The number of carbonyl (C=O) groups is 1. The van der Waals surface area contributed by atoms with Gasteiger partial charge in [-0.15, -0.1) is 0 Å². The van der Waals surface area contributed by atoms with Crippen molar-refractivity contribution in [3.05, 3.63) is 58.4 Å². The van der Waals surface area contributed by atoms with Crippen LogP contribution >= 0.6 is 0 Å². The number of carbonyl (C=O) groups excluding carboxylic acids is 1. The Bertz CT molecular complexity index is 736. The summed E-state index contributed by atoms with van der Waals surface area (Å²) in [6, 6.07) is 9.19. The monoisotopic (exact) mass is 320 g/mol. The number of hydrogen-bond donors (Lipinski definition) is 1. The second-order valence-corrected chi connectivity index (χ2v) is 4.44. The maximum atomic E-state index is 13.0. The minimum atomic E-state index is -0.568. The van der Waals surface area contributed by atoms with E-state index in [4.69, 9.17) is 9.47 Å². The first-order chi connectivity index (χ1) is 11.0. The Hall–Kier alpha value is -3.16. The van der Waals surface area contributed by atoms with Gasteiger partial charge in [-0.2, -0.15) is 0 Å². The average Bonchev–Trinajstić information content (AvgIpc) is 2.53. The van der Waals surface area contributed by atoms with Crippen molar-refractivity contribution in [3.8, 4) is 11.5 Å². The van der Waals surface area contributed by atoms with Gasteiger partial charge in [-0.25, -0.2) is 4.39 Å². The number of methoxy groups -OCH3 is 1. The summed E-state index contributed by atoms with van der Waals surface area (Å²) in [5.74, 6) is -0.615. The smallest absolute Gasteiger partial charge is 0.273 e. The highest BCUT2D eigenvalue weighted by Crippen LogP contribution is 2.28. The van der Waals surface area contributed by atoms with Crippen molar-refractivity contribution in [2.75, 3.05) is 19.0 Å². The molecular weight excluding hydrogens is 307 g/mol. The van der Waals surface area contributed by atoms with Gasteiger partial charge in [-0.3, -0.25) is 14.9 Å². The summed E-state index contributed by atoms with van der Waals surface area (Å²) in [6.07, 6.45) is 0. The molecule has 0 atom stereocenters. The van der Waals surface area contributed by atoms with Crippen molar-refractivity contribution in [3.63, 3.8) is 0 Å². The molecule has 1 N–H and O–H groups in total. The van der Waals surface area contributed by atoms with Crippen LogP contribution in [0.15, 0.2) is 42.5 Å². The molecule has 0 radical (unpaired) electrons. The summed E-state index contributed by atoms with van der Waals surface area (Å²) >= 11 is 0. The van der Waals surface area contributed by atoms with E-state index in [1.807, 2.05) is 0 Å². The van der Waals surface area contributed by atoms with E-state index in [0.29, 0.717) is 0 Å². The Labute approximate surface area is 130 Å². The fourth-order valence-corrected chi connectivity index (χ4v) is 1.79. The number of nitro benzene ring substituents is 1. The summed E-state index contributed by atoms with van der Waals surface area (Å²) in [4.78, 5) is 22.0. The fraction of sp³-hybridized carbons (Fsp3) is 0.133. The van der Waals surface area contributed by atoms with Gasteiger partial charge in [0.05, 0.1) is 23.8 Å². The van der Waals surface area contributed by atoms with E-state index in [1.54, 1.807) is 0 Å². The summed E-state index contributed by atoms with van der Waals surface area (Å²) < 4.78 is 23.1. The van der Waals surface area contributed by atoms with E-state index in [9.17, 15) is 19.3 Å². The Kier molecular flexibility index (Phi) is 5.08. The minimum Gasteiger partial charge on any atom is -0.494 e. The molecule has 0 bridgehead atoms. The lowest BCUT2D eigenvalue weighted by Gasteiger charge is -2.10. The number of halogens is 1. The van der Waals surface area contributed by atoms with Crippen molar-refractivity contribution in [1.82, 2.24) is 0 Å². The third kappa shape index (κ3) is 4.40. The third-order valence-electron chi connectivity index (χ3n) is 2.84. The van der Waals surface area contributed by atoms with Crippen molar-refractivity contribution >= 4 is 17.3 Å². The molecule has 2 aromatic carbocycles. The standard InChI is InChI=1S/C15H13FN2O5/c1-22-14-8-11(18(20)21)5-6-13(14)17-15(19)9-23-12-4-2-3-10(16)7-12/h2-8H,9H2,1H3,(H,17,19). The van der Waals surface area contributed by atoms with Crippen LogP contribution in [0.5, 0.6) is 11.5 Å². The second kappa shape index (κ2) is 7.21. The van der Waals surface area contributed by atoms with E-state index >= 15 is 0 Å². The lowest BCUT2D eigenvalue weighted by molar-refractivity contribution is -0.384. The van der Waals surface area contributed by atoms with Crippen LogP contribution in [0.1, 0.15) is 0 Å². The van der Waals surface area contributed by atoms with Crippen LogP contribution in [-0.2, 0) is 4.79 Å². The predicted molar refractivity (Wildman–Crippen MR) is 80.2 cm³/mol. The topological polar surface area (TPSA) is 90.7 Å². The number of anilines is 1. The van der Waals surface area contributed by atoms with Crippen molar-refractivity contribution < 1.29 is 23.6 Å². The Morgan fingerprint density at radius 2 is 2.09 bits per heavy atom. The van der Waals surface area contributed by atoms with Crippen LogP contribution in [0.4, 0.5) is 15.8 Å². The van der Waals surface area contributed by atoms with Gasteiger partial charge < -0.3 is 14.8 Å². The highest BCUT2D eigenvalue weighted by molar-refractivity contribution is 5.93. The van der Waals surface area contributed by atoms with E-state index in [-0.39, 0.29) is 29.5 Å². The van der Waals surface area contributed by atoms with E-state index in [0.717, 1.165) is 6.07 Å². The van der Waals surface area contributed by atoms with E-state index in [2.05, 4.69) is 5.32 Å². The van der Waals surface area contributed by atoms with Gasteiger partial charge in [0.1, 0.15) is 17.3 Å². The van der Waals surface area contributed by atoms with Crippen LogP contribution < -0.4 is 14.8 Å². The van der Waals surface area contributed by atoms with Gasteiger partial charge in [-0.05, 0) is 18.2 Å². The molecule has 0 aromatic heterocycles. The number of rotatable bonds is 6. The van der Waals surface area contributed by atoms with E-state index in [1.165, 1.54) is 43.5 Å². The molecule has 0 aliphatic rings. The van der Waals surface area contributed by atoms with Gasteiger partial charge >= 0.3 is 0 Å². The number of amides is 1. The van der Waals surface area contributed by atoms with Gasteiger partial charge in [0, 0.05) is 12.1 Å². The molecule has 2 aromatic rings. The number of benzene rings is 2. The van der Waals surface area contributed by atoms with Gasteiger partial charge in [-0.1, -0.05) is 6.07 Å². The van der Waals surface area contributed by atoms with Gasteiger partial charge in [0.2, 0.25) is 0 Å². The summed E-state index contributed by atoms with van der Waals surface area (Å²) in [5.41, 5.74) is 0.113. The quantitative estimate of drug-likeness (QED) is 0.653. The molecule has 0 spiro atoms. The first-order valence-corrected chi connectivity index (χ1v) is 6.50. The normalized spacial score (nSPS) is 10.0. The largest absolute Gasteiger partial charge is 0.494 e. The zero-order chi connectivity index (χ0) is 16.8. The van der Waals surface area contributed by atoms with E-state index < -0.39 is 16.6 Å². The second-order valence-electron chi connectivity index (χ2n) is 4.44. The van der Waals surface area contributed by atoms with Crippen molar-refractivity contribution in [2.45, 2.75) is 0 Å². The molecule has 0 saturated heterocycles. The molecule has 0 unspecified atom stereocenters. The minimum absolute atomic E-state index is 0.151. The lowest BCUT2D eigenvalue weighted by Crippen LogP contribution is -2.20. The van der Waals surface area contributed by atoms with Crippen LogP contribution in [0.25, 0.3) is 0 Å². The first kappa shape index (κ1) is 16.2. The molecule has 120 valence electrons. The van der Waals surface area contributed by atoms with Crippen LogP contribution in [0, 0.1) is 15.9 Å². The highest BCUT2D eigenvalue weighted by atomic mass is 19.1. The van der Waals surface area contributed by atoms with Gasteiger partial charge in [0.25, 0.3) is 11.6 Å². The number of nitro groups is 1. The molecule has 8 heteroatoms. The molecular formula is C15H13FN2O5. The zero-order valence-electron chi connectivity index (χ0n) is 12.1. The molecule has 0 heterocycles. The highest BCUT2D eigenvalue weighted by Gasteiger charge is 2.13. The third-order valence-corrected chi connectivity index (χ3v) is 2.84. The number of non-ortho nitro benzene ring substituents is 1. The number of hydrogen-bond acceptors (Lipinski definition) is 5. The van der Waals surface area contributed by atoms with Gasteiger partial charge in [0.15, 0.2) is 6.61 Å². The molecule has 0 saturated carbocycles. The molecule has 2 rings (SSSR count). The molecule has 0 aliphatic heterocycles. The Morgan fingerprint density at radius 1 is 1.30 bits per heavy atom. The Morgan fingerprint density at radius 3 is 2.74 bits per heavy atom.